The van der Waals surface area contributed by atoms with Crippen LogP contribution in [0.25, 0.3) is 11.6 Å². The third-order valence-corrected chi connectivity index (χ3v) is 3.41. The van der Waals surface area contributed by atoms with Crippen molar-refractivity contribution in [2.45, 2.75) is 13.3 Å². The maximum Gasteiger partial charge on any atom is 0.336 e. The zero-order valence-corrected chi connectivity index (χ0v) is 13.3. The molecular formula is C18H16ClFO3. The summed E-state index contributed by atoms with van der Waals surface area (Å²) in [5, 5.41) is 9.79. The van der Waals surface area contributed by atoms with Crippen LogP contribution in [0.15, 0.2) is 42.5 Å². The van der Waals surface area contributed by atoms with Crippen LogP contribution in [0.3, 0.4) is 0 Å². The molecule has 0 radical (unpaired) electrons. The molecule has 0 saturated heterocycles. The van der Waals surface area contributed by atoms with Gasteiger partial charge in [-0.3, -0.25) is 0 Å². The second-order valence-corrected chi connectivity index (χ2v) is 5.32. The van der Waals surface area contributed by atoms with E-state index < -0.39 is 11.8 Å². The molecule has 0 bridgehead atoms. The second kappa shape index (κ2) is 7.79. The fraction of sp³-hybridized carbons (Fsp3) is 0.167. The number of benzene rings is 2. The minimum atomic E-state index is -1.10. The maximum atomic E-state index is 13.0. The molecule has 0 aromatic heterocycles. The van der Waals surface area contributed by atoms with Gasteiger partial charge in [0, 0.05) is 0 Å². The molecule has 0 aliphatic heterocycles. The Morgan fingerprint density at radius 1 is 1.26 bits per heavy atom. The monoisotopic (exact) mass is 334 g/mol. The number of carboxylic acid groups (broad SMARTS) is 1. The van der Waals surface area contributed by atoms with E-state index in [-0.39, 0.29) is 5.57 Å². The Hall–Kier alpha value is -2.33. The number of carboxylic acids is 1. The zero-order valence-electron chi connectivity index (χ0n) is 12.6. The van der Waals surface area contributed by atoms with Crippen LogP contribution in [0.1, 0.15) is 24.5 Å². The zero-order chi connectivity index (χ0) is 16.8. The van der Waals surface area contributed by atoms with Gasteiger partial charge in [0.25, 0.3) is 0 Å². The molecule has 0 atom stereocenters. The average molecular weight is 335 g/mol. The van der Waals surface area contributed by atoms with E-state index >= 15 is 0 Å². The van der Waals surface area contributed by atoms with Crippen molar-refractivity contribution in [3.63, 3.8) is 0 Å². The molecule has 0 unspecified atom stereocenters. The van der Waals surface area contributed by atoms with Crippen molar-refractivity contribution in [2.75, 3.05) is 6.61 Å². The lowest BCUT2D eigenvalue weighted by molar-refractivity contribution is -0.130. The molecule has 1 N–H and O–H groups in total. The van der Waals surface area contributed by atoms with Gasteiger partial charge in [0.05, 0.1) is 17.2 Å². The Balaban J connectivity index is 2.34. The molecule has 2 aromatic carbocycles. The standard InChI is InChI=1S/C18H16ClFO3/c1-2-9-23-17-8-3-12(11-16(17)19)10-15(18(21)22)13-4-6-14(20)7-5-13/h3-8,10-11H,2,9H2,1H3,(H,21,22)/b15-10-. The van der Waals surface area contributed by atoms with Crippen LogP contribution in [0, 0.1) is 5.82 Å². The topological polar surface area (TPSA) is 46.5 Å². The summed E-state index contributed by atoms with van der Waals surface area (Å²) in [6, 6.07) is 10.4. The molecule has 120 valence electrons. The number of hydrogen-bond acceptors (Lipinski definition) is 2. The van der Waals surface area contributed by atoms with Gasteiger partial charge in [0.2, 0.25) is 0 Å². The summed E-state index contributed by atoms with van der Waals surface area (Å²) < 4.78 is 18.5. The summed E-state index contributed by atoms with van der Waals surface area (Å²) in [4.78, 5) is 11.5. The van der Waals surface area contributed by atoms with Crippen molar-refractivity contribution in [2.24, 2.45) is 0 Å². The van der Waals surface area contributed by atoms with Crippen LogP contribution in [0.5, 0.6) is 5.75 Å². The Kier molecular flexibility index (Phi) is 5.77. The van der Waals surface area contributed by atoms with Gasteiger partial charge in [0.15, 0.2) is 0 Å². The predicted molar refractivity (Wildman–Crippen MR) is 89.1 cm³/mol. The summed E-state index contributed by atoms with van der Waals surface area (Å²) in [7, 11) is 0. The first-order chi connectivity index (χ1) is 11.0. The summed E-state index contributed by atoms with van der Waals surface area (Å²) in [6.45, 7) is 2.55. The lowest BCUT2D eigenvalue weighted by Gasteiger charge is -2.08. The van der Waals surface area contributed by atoms with Gasteiger partial charge in [0.1, 0.15) is 11.6 Å². The maximum absolute atomic E-state index is 13.0. The van der Waals surface area contributed by atoms with Crippen LogP contribution in [0.4, 0.5) is 4.39 Å². The van der Waals surface area contributed by atoms with E-state index in [1.54, 1.807) is 18.2 Å². The largest absolute Gasteiger partial charge is 0.492 e. The molecule has 3 nitrogen and oxygen atoms in total. The van der Waals surface area contributed by atoms with Gasteiger partial charge >= 0.3 is 5.97 Å². The van der Waals surface area contributed by atoms with E-state index in [0.29, 0.717) is 28.5 Å². The minimum absolute atomic E-state index is 0.0586. The van der Waals surface area contributed by atoms with Gasteiger partial charge < -0.3 is 9.84 Å². The highest BCUT2D eigenvalue weighted by atomic mass is 35.5. The highest BCUT2D eigenvalue weighted by Crippen LogP contribution is 2.28. The Morgan fingerprint density at radius 2 is 1.96 bits per heavy atom. The smallest absolute Gasteiger partial charge is 0.336 e. The number of aliphatic carboxylic acids is 1. The van der Waals surface area contributed by atoms with E-state index in [0.717, 1.165) is 6.42 Å². The van der Waals surface area contributed by atoms with Crippen molar-refractivity contribution >= 4 is 29.2 Å². The molecular weight excluding hydrogens is 319 g/mol. The van der Waals surface area contributed by atoms with Gasteiger partial charge in [-0.05, 0) is 47.9 Å². The molecule has 0 fully saturated rings. The van der Waals surface area contributed by atoms with Crippen molar-refractivity contribution in [1.29, 1.82) is 0 Å². The summed E-state index contributed by atoms with van der Waals surface area (Å²) in [6.07, 6.45) is 2.36. The van der Waals surface area contributed by atoms with Crippen LogP contribution in [-0.2, 0) is 4.79 Å². The van der Waals surface area contributed by atoms with Crippen LogP contribution >= 0.6 is 11.6 Å². The molecule has 0 spiro atoms. The minimum Gasteiger partial charge on any atom is -0.492 e. The third-order valence-electron chi connectivity index (χ3n) is 3.11. The molecule has 2 rings (SSSR count). The normalized spacial score (nSPS) is 11.3. The Labute approximate surface area is 139 Å². The van der Waals surface area contributed by atoms with Crippen LogP contribution < -0.4 is 4.74 Å². The fourth-order valence-corrected chi connectivity index (χ4v) is 2.24. The molecule has 0 aliphatic carbocycles. The Bertz CT molecular complexity index is 724. The van der Waals surface area contributed by atoms with Crippen molar-refractivity contribution in [3.8, 4) is 5.75 Å². The summed E-state index contributed by atoms with van der Waals surface area (Å²) in [5.74, 6) is -0.956. The van der Waals surface area contributed by atoms with Crippen LogP contribution in [-0.4, -0.2) is 17.7 Å². The van der Waals surface area contributed by atoms with Gasteiger partial charge in [-0.25, -0.2) is 9.18 Å². The van der Waals surface area contributed by atoms with Crippen molar-refractivity contribution < 1.29 is 19.0 Å². The van der Waals surface area contributed by atoms with Crippen LogP contribution in [0.2, 0.25) is 5.02 Å². The lowest BCUT2D eigenvalue weighted by atomic mass is 10.0. The number of carbonyl (C=O) groups is 1. The van der Waals surface area contributed by atoms with Gasteiger partial charge in [-0.2, -0.15) is 0 Å². The van der Waals surface area contributed by atoms with E-state index in [1.165, 1.54) is 30.3 Å². The molecule has 0 aliphatic rings. The highest BCUT2D eigenvalue weighted by Gasteiger charge is 2.11. The third kappa shape index (κ3) is 4.57. The first-order valence-electron chi connectivity index (χ1n) is 7.14. The predicted octanol–water partition coefficient (Wildman–Crippen LogP) is 4.89. The molecule has 23 heavy (non-hydrogen) atoms. The second-order valence-electron chi connectivity index (χ2n) is 4.91. The SMILES string of the molecule is CCCOc1ccc(/C=C(\C(=O)O)c2ccc(F)cc2)cc1Cl. The number of halogens is 2. The van der Waals surface area contributed by atoms with E-state index in [1.807, 2.05) is 6.92 Å². The Morgan fingerprint density at radius 3 is 2.52 bits per heavy atom. The quantitative estimate of drug-likeness (QED) is 0.604. The number of hydrogen-bond donors (Lipinski definition) is 1. The van der Waals surface area contributed by atoms with E-state index in [4.69, 9.17) is 16.3 Å². The average Bonchev–Trinajstić information content (AvgIpc) is 2.52. The highest BCUT2D eigenvalue weighted by molar-refractivity contribution is 6.32. The molecule has 0 heterocycles. The van der Waals surface area contributed by atoms with Gasteiger partial charge in [-0.15, -0.1) is 0 Å². The molecule has 2 aromatic rings. The summed E-state index contributed by atoms with van der Waals surface area (Å²) in [5.41, 5.74) is 1.10. The first-order valence-corrected chi connectivity index (χ1v) is 7.52. The van der Waals surface area contributed by atoms with E-state index in [9.17, 15) is 14.3 Å². The summed E-state index contributed by atoms with van der Waals surface area (Å²) >= 11 is 6.14. The van der Waals surface area contributed by atoms with Gasteiger partial charge in [-0.1, -0.05) is 36.7 Å². The molecule has 0 saturated carbocycles. The fourth-order valence-electron chi connectivity index (χ4n) is 2.00. The lowest BCUT2D eigenvalue weighted by Crippen LogP contribution is -2.00. The van der Waals surface area contributed by atoms with E-state index in [2.05, 4.69) is 0 Å². The molecule has 5 heteroatoms. The number of ether oxygens (including phenoxy) is 1. The van der Waals surface area contributed by atoms with Crippen molar-refractivity contribution in [3.05, 3.63) is 64.4 Å². The number of rotatable bonds is 6. The first kappa shape index (κ1) is 17.0. The van der Waals surface area contributed by atoms with Crippen molar-refractivity contribution in [1.82, 2.24) is 0 Å². The molecule has 0 amide bonds.